The second-order valence-corrected chi connectivity index (χ2v) is 4.00. The van der Waals surface area contributed by atoms with E-state index in [-0.39, 0.29) is 0 Å². The summed E-state index contributed by atoms with van der Waals surface area (Å²) in [7, 11) is 0. The Morgan fingerprint density at radius 1 is 1.13 bits per heavy atom. The Balaban J connectivity index is 1.97. The molecular formula is C12H14NOS. The number of unbranched alkanes of at least 4 members (excludes halogenated alkanes) is 2. The number of oxazole rings is 1. The highest BCUT2D eigenvalue weighted by Crippen LogP contribution is 2.16. The second kappa shape index (κ2) is 5.21. The van der Waals surface area contributed by atoms with Crippen molar-refractivity contribution in [2.45, 2.75) is 25.7 Å². The summed E-state index contributed by atoms with van der Waals surface area (Å²) in [6.45, 7) is 0. The lowest BCUT2D eigenvalue weighted by molar-refractivity contribution is 0.513. The largest absolute Gasteiger partial charge is 0.441 e. The highest BCUT2D eigenvalue weighted by Gasteiger charge is 2.03. The first-order valence-corrected chi connectivity index (χ1v) is 5.90. The fourth-order valence-electron chi connectivity index (χ4n) is 1.58. The highest BCUT2D eigenvalue weighted by molar-refractivity contribution is 7.80. The molecule has 0 aliphatic heterocycles. The Kier molecular flexibility index (Phi) is 3.67. The molecule has 0 saturated heterocycles. The first-order valence-electron chi connectivity index (χ1n) is 5.33. The predicted molar refractivity (Wildman–Crippen MR) is 64.0 cm³/mol. The van der Waals surface area contributed by atoms with Crippen molar-refractivity contribution in [1.29, 1.82) is 0 Å². The molecule has 2 aromatic rings. The van der Waals surface area contributed by atoms with E-state index in [4.69, 9.17) is 17.0 Å². The van der Waals surface area contributed by atoms with Crippen LogP contribution in [0.3, 0.4) is 0 Å². The molecule has 0 aliphatic rings. The molecule has 0 saturated carbocycles. The van der Waals surface area contributed by atoms with E-state index in [1.54, 1.807) is 0 Å². The van der Waals surface area contributed by atoms with Gasteiger partial charge in [0.1, 0.15) is 5.52 Å². The first kappa shape index (κ1) is 10.6. The number of aromatic nitrogens is 1. The molecule has 0 unspecified atom stereocenters. The van der Waals surface area contributed by atoms with Crippen LogP contribution in [0.2, 0.25) is 0 Å². The molecule has 3 heteroatoms. The minimum Gasteiger partial charge on any atom is -0.441 e. The van der Waals surface area contributed by atoms with Crippen molar-refractivity contribution in [3.63, 3.8) is 0 Å². The fourth-order valence-corrected chi connectivity index (χ4v) is 1.79. The molecule has 15 heavy (non-hydrogen) atoms. The van der Waals surface area contributed by atoms with Crippen molar-refractivity contribution in [1.82, 2.24) is 4.98 Å². The number of rotatable bonds is 5. The molecule has 2 nitrogen and oxygen atoms in total. The Hall–Kier alpha value is -0.960. The molecule has 1 aromatic heterocycles. The van der Waals surface area contributed by atoms with Gasteiger partial charge in [-0.05, 0) is 25.0 Å². The monoisotopic (exact) mass is 220 g/mol. The molecule has 0 bridgehead atoms. The summed E-state index contributed by atoms with van der Waals surface area (Å²) in [5.74, 6) is 1.70. The average molecular weight is 220 g/mol. The Morgan fingerprint density at radius 3 is 2.80 bits per heavy atom. The van der Waals surface area contributed by atoms with Gasteiger partial charge in [-0.1, -0.05) is 31.2 Å². The van der Waals surface area contributed by atoms with Gasteiger partial charge in [0.25, 0.3) is 0 Å². The SMILES string of the molecule is [S]CCCCCc1nc2ccccc2o1. The molecule has 1 radical (unpaired) electrons. The van der Waals surface area contributed by atoms with Gasteiger partial charge in [-0.15, -0.1) is 0 Å². The van der Waals surface area contributed by atoms with Crippen LogP contribution >= 0.6 is 12.6 Å². The van der Waals surface area contributed by atoms with Gasteiger partial charge in [-0.2, -0.15) is 0 Å². The van der Waals surface area contributed by atoms with Crippen LogP contribution in [0.15, 0.2) is 28.7 Å². The van der Waals surface area contributed by atoms with Crippen LogP contribution in [0.25, 0.3) is 11.1 Å². The van der Waals surface area contributed by atoms with Gasteiger partial charge in [0, 0.05) is 12.2 Å². The van der Waals surface area contributed by atoms with E-state index in [2.05, 4.69) is 4.98 Å². The lowest BCUT2D eigenvalue weighted by Crippen LogP contribution is -1.85. The molecule has 0 atom stereocenters. The van der Waals surface area contributed by atoms with Crippen molar-refractivity contribution >= 4 is 23.7 Å². The van der Waals surface area contributed by atoms with E-state index in [0.717, 1.165) is 42.0 Å². The quantitative estimate of drug-likeness (QED) is 0.717. The van der Waals surface area contributed by atoms with Crippen molar-refractivity contribution < 1.29 is 4.42 Å². The van der Waals surface area contributed by atoms with Crippen LogP contribution in [0.4, 0.5) is 0 Å². The van der Waals surface area contributed by atoms with Crippen molar-refractivity contribution in [3.8, 4) is 0 Å². The van der Waals surface area contributed by atoms with Crippen LogP contribution in [-0.4, -0.2) is 10.7 Å². The molecule has 0 N–H and O–H groups in total. The Morgan fingerprint density at radius 2 is 2.00 bits per heavy atom. The highest BCUT2D eigenvalue weighted by atomic mass is 32.1. The number of para-hydroxylation sites is 2. The van der Waals surface area contributed by atoms with Crippen LogP contribution in [0.5, 0.6) is 0 Å². The fraction of sp³-hybridized carbons (Fsp3) is 0.417. The van der Waals surface area contributed by atoms with Crippen LogP contribution in [0.1, 0.15) is 25.2 Å². The van der Waals surface area contributed by atoms with E-state index in [1.165, 1.54) is 6.42 Å². The molecule has 0 aliphatic carbocycles. The summed E-state index contributed by atoms with van der Waals surface area (Å²) in [6, 6.07) is 7.88. The van der Waals surface area contributed by atoms with Gasteiger partial charge in [0.2, 0.25) is 0 Å². The Labute approximate surface area is 95.1 Å². The maximum absolute atomic E-state index is 5.61. The molecule has 1 aromatic carbocycles. The van der Waals surface area contributed by atoms with E-state index in [0.29, 0.717) is 0 Å². The topological polar surface area (TPSA) is 26.0 Å². The Bertz CT molecular complexity index is 391. The lowest BCUT2D eigenvalue weighted by Gasteiger charge is -1.94. The third kappa shape index (κ3) is 2.75. The minimum absolute atomic E-state index is 0.848. The van der Waals surface area contributed by atoms with Gasteiger partial charge < -0.3 is 4.42 Å². The van der Waals surface area contributed by atoms with E-state index in [9.17, 15) is 0 Å². The van der Waals surface area contributed by atoms with Crippen molar-refractivity contribution in [2.24, 2.45) is 0 Å². The predicted octanol–water partition coefficient (Wildman–Crippen LogP) is 3.74. The zero-order valence-corrected chi connectivity index (χ0v) is 9.43. The number of fused-ring (bicyclic) bond motifs is 1. The van der Waals surface area contributed by atoms with Crippen molar-refractivity contribution in [2.75, 3.05) is 5.75 Å². The summed E-state index contributed by atoms with van der Waals surface area (Å²) in [5, 5.41) is 0. The third-order valence-corrected chi connectivity index (χ3v) is 2.66. The standard InChI is InChI=1S/C12H14NOS/c15-9-5-1-2-8-12-13-10-6-3-4-7-11(10)14-12/h3-4,6-7H,1-2,5,8-9H2. The number of benzene rings is 1. The number of hydrogen-bond donors (Lipinski definition) is 0. The molecule has 1 heterocycles. The number of nitrogens with zero attached hydrogens (tertiary/aromatic N) is 1. The molecule has 0 fully saturated rings. The van der Waals surface area contributed by atoms with Gasteiger partial charge in [0.05, 0.1) is 0 Å². The average Bonchev–Trinajstić information content (AvgIpc) is 2.67. The summed E-state index contributed by atoms with van der Waals surface area (Å²) < 4.78 is 5.61. The zero-order valence-electron chi connectivity index (χ0n) is 8.61. The first-order chi connectivity index (χ1) is 7.40. The normalized spacial score (nSPS) is 11.0. The van der Waals surface area contributed by atoms with E-state index in [1.807, 2.05) is 24.3 Å². The maximum atomic E-state index is 5.61. The third-order valence-electron chi connectivity index (χ3n) is 2.37. The molecule has 0 amide bonds. The van der Waals surface area contributed by atoms with Gasteiger partial charge in [-0.25, -0.2) is 4.98 Å². The summed E-state index contributed by atoms with van der Waals surface area (Å²) in [5.41, 5.74) is 1.84. The summed E-state index contributed by atoms with van der Waals surface area (Å²) >= 11 is 4.90. The van der Waals surface area contributed by atoms with E-state index >= 15 is 0 Å². The van der Waals surface area contributed by atoms with Crippen LogP contribution < -0.4 is 0 Å². The molecule has 2 rings (SSSR count). The zero-order chi connectivity index (χ0) is 10.5. The van der Waals surface area contributed by atoms with Crippen LogP contribution in [0, 0.1) is 0 Å². The van der Waals surface area contributed by atoms with Crippen molar-refractivity contribution in [3.05, 3.63) is 30.2 Å². The number of aryl methyl sites for hydroxylation is 1. The second-order valence-electron chi connectivity index (χ2n) is 3.59. The summed E-state index contributed by atoms with van der Waals surface area (Å²) in [4.78, 5) is 4.42. The maximum Gasteiger partial charge on any atom is 0.195 e. The molecule has 79 valence electrons. The summed E-state index contributed by atoms with van der Waals surface area (Å²) in [6.07, 6.45) is 4.32. The van der Waals surface area contributed by atoms with E-state index < -0.39 is 0 Å². The molecule has 0 spiro atoms. The number of hydrogen-bond acceptors (Lipinski definition) is 2. The van der Waals surface area contributed by atoms with Gasteiger partial charge >= 0.3 is 0 Å². The minimum atomic E-state index is 0.848. The van der Waals surface area contributed by atoms with Gasteiger partial charge in [0.15, 0.2) is 11.5 Å². The lowest BCUT2D eigenvalue weighted by atomic mass is 10.2. The smallest absolute Gasteiger partial charge is 0.195 e. The van der Waals surface area contributed by atoms with Gasteiger partial charge in [-0.3, -0.25) is 0 Å². The van der Waals surface area contributed by atoms with Crippen LogP contribution in [-0.2, 0) is 6.42 Å². The molecular weight excluding hydrogens is 206 g/mol.